The van der Waals surface area contributed by atoms with Gasteiger partial charge in [-0.3, -0.25) is 0 Å². The van der Waals surface area contributed by atoms with E-state index in [9.17, 15) is 0 Å². The fraction of sp³-hybridized carbons (Fsp3) is 0.400. The van der Waals surface area contributed by atoms with Gasteiger partial charge >= 0.3 is 0 Å². The number of aromatic nitrogens is 4. The van der Waals surface area contributed by atoms with Crippen LogP contribution in [0.15, 0.2) is 29.4 Å². The van der Waals surface area contributed by atoms with E-state index in [0.717, 1.165) is 21.5 Å². The number of rotatable bonds is 4. The summed E-state index contributed by atoms with van der Waals surface area (Å²) in [6.45, 7) is 4.24. The van der Waals surface area contributed by atoms with E-state index in [1.807, 2.05) is 13.0 Å². The lowest BCUT2D eigenvalue weighted by Gasteiger charge is -2.09. The Morgan fingerprint density at radius 1 is 1.29 bits per heavy atom. The third kappa shape index (κ3) is 2.46. The van der Waals surface area contributed by atoms with E-state index in [1.165, 1.54) is 17.5 Å². The topological polar surface area (TPSA) is 43.6 Å². The number of thiazole rings is 1. The molecule has 6 heteroatoms. The van der Waals surface area contributed by atoms with Crippen LogP contribution in [0.1, 0.15) is 41.9 Å². The van der Waals surface area contributed by atoms with E-state index in [2.05, 4.69) is 39.9 Å². The van der Waals surface area contributed by atoms with Crippen LogP contribution in [0.5, 0.6) is 0 Å². The van der Waals surface area contributed by atoms with Crippen molar-refractivity contribution < 1.29 is 0 Å². The molecular weight excluding hydrogens is 300 g/mol. The summed E-state index contributed by atoms with van der Waals surface area (Å²) in [7, 11) is 0. The van der Waals surface area contributed by atoms with Gasteiger partial charge in [0.05, 0.1) is 15.5 Å². The van der Waals surface area contributed by atoms with Crippen LogP contribution in [0.25, 0.3) is 10.2 Å². The molecule has 3 aromatic rings. The van der Waals surface area contributed by atoms with Crippen molar-refractivity contribution in [1.29, 1.82) is 0 Å². The molecule has 1 aliphatic carbocycles. The van der Waals surface area contributed by atoms with Crippen molar-refractivity contribution in [2.24, 2.45) is 0 Å². The molecule has 21 heavy (non-hydrogen) atoms. The van der Waals surface area contributed by atoms with Gasteiger partial charge in [0.2, 0.25) is 0 Å². The summed E-state index contributed by atoms with van der Waals surface area (Å²) >= 11 is 3.54. The van der Waals surface area contributed by atoms with Crippen molar-refractivity contribution in [3.05, 3.63) is 35.1 Å². The molecular formula is C15H16N4S2. The van der Waals surface area contributed by atoms with Crippen molar-refractivity contribution >= 4 is 33.3 Å². The Labute approximate surface area is 131 Å². The van der Waals surface area contributed by atoms with Crippen LogP contribution < -0.4 is 0 Å². The molecule has 4 nitrogen and oxygen atoms in total. The molecule has 0 N–H and O–H groups in total. The van der Waals surface area contributed by atoms with Crippen molar-refractivity contribution in [2.45, 2.75) is 43.1 Å². The number of benzene rings is 1. The molecule has 0 aliphatic heterocycles. The number of aryl methyl sites for hydroxylation is 1. The molecule has 1 aromatic carbocycles. The molecule has 0 radical (unpaired) electrons. The number of hydrogen-bond acceptors (Lipinski definition) is 5. The highest BCUT2D eigenvalue weighted by Crippen LogP contribution is 2.43. The van der Waals surface area contributed by atoms with E-state index in [4.69, 9.17) is 4.98 Å². The van der Waals surface area contributed by atoms with E-state index in [1.54, 1.807) is 23.1 Å². The van der Waals surface area contributed by atoms with Crippen LogP contribution in [0.2, 0.25) is 0 Å². The Morgan fingerprint density at radius 3 is 2.86 bits per heavy atom. The molecule has 108 valence electrons. The zero-order chi connectivity index (χ0) is 14.4. The highest BCUT2D eigenvalue weighted by Gasteiger charge is 2.29. The second-order valence-electron chi connectivity index (χ2n) is 5.41. The SMILES string of the molecule is Cc1nnc(S[C@@H](C)c2nc3ccccc3s2)n1C1CC1. The largest absolute Gasteiger partial charge is 0.303 e. The fourth-order valence-corrected chi connectivity index (χ4v) is 4.60. The Hall–Kier alpha value is -1.40. The maximum Gasteiger partial charge on any atom is 0.192 e. The van der Waals surface area contributed by atoms with E-state index in [0.29, 0.717) is 11.3 Å². The average Bonchev–Trinajstić information content (AvgIpc) is 3.10. The van der Waals surface area contributed by atoms with Crippen molar-refractivity contribution in [3.8, 4) is 0 Å². The quantitative estimate of drug-likeness (QED) is 0.670. The number of thioether (sulfide) groups is 1. The Bertz CT molecular complexity index is 755. The number of fused-ring (bicyclic) bond motifs is 1. The van der Waals surface area contributed by atoms with Gasteiger partial charge in [0.15, 0.2) is 5.16 Å². The molecule has 2 aromatic heterocycles. The molecule has 1 saturated carbocycles. The highest BCUT2D eigenvalue weighted by atomic mass is 32.2. The number of hydrogen-bond donors (Lipinski definition) is 0. The van der Waals surface area contributed by atoms with Crippen LogP contribution in [-0.4, -0.2) is 19.7 Å². The first-order valence-electron chi connectivity index (χ1n) is 7.16. The smallest absolute Gasteiger partial charge is 0.192 e. The maximum atomic E-state index is 4.75. The predicted molar refractivity (Wildman–Crippen MR) is 86.9 cm³/mol. The molecule has 0 unspecified atom stereocenters. The number of nitrogens with zero attached hydrogens (tertiary/aromatic N) is 4. The van der Waals surface area contributed by atoms with Crippen LogP contribution in [0.3, 0.4) is 0 Å². The lowest BCUT2D eigenvalue weighted by Crippen LogP contribution is -2.00. The fourth-order valence-electron chi connectivity index (χ4n) is 2.46. The first-order valence-corrected chi connectivity index (χ1v) is 8.85. The molecule has 0 spiro atoms. The molecule has 0 saturated heterocycles. The van der Waals surface area contributed by atoms with Crippen LogP contribution in [-0.2, 0) is 0 Å². The zero-order valence-corrected chi connectivity index (χ0v) is 13.6. The molecule has 1 atom stereocenters. The summed E-state index contributed by atoms with van der Waals surface area (Å²) in [6, 6.07) is 8.92. The van der Waals surface area contributed by atoms with Gasteiger partial charge in [-0.1, -0.05) is 23.9 Å². The molecule has 4 rings (SSSR count). The first-order chi connectivity index (χ1) is 10.2. The van der Waals surface area contributed by atoms with E-state index >= 15 is 0 Å². The summed E-state index contributed by atoms with van der Waals surface area (Å²) in [5.41, 5.74) is 1.09. The Balaban J connectivity index is 1.61. The van der Waals surface area contributed by atoms with Gasteiger partial charge in [-0.2, -0.15) is 0 Å². The minimum atomic E-state index is 0.295. The van der Waals surface area contributed by atoms with Crippen molar-refractivity contribution in [2.75, 3.05) is 0 Å². The summed E-state index contributed by atoms with van der Waals surface area (Å²) in [5.74, 6) is 1.02. The van der Waals surface area contributed by atoms with Crippen LogP contribution in [0.4, 0.5) is 0 Å². The van der Waals surface area contributed by atoms with E-state index in [-0.39, 0.29) is 0 Å². The van der Waals surface area contributed by atoms with Gasteiger partial charge in [-0.05, 0) is 38.8 Å². The lowest BCUT2D eigenvalue weighted by atomic mass is 10.3. The molecule has 0 amide bonds. The van der Waals surface area contributed by atoms with Crippen LogP contribution >= 0.6 is 23.1 Å². The lowest BCUT2D eigenvalue weighted by molar-refractivity contribution is 0.643. The van der Waals surface area contributed by atoms with Gasteiger partial charge in [0.25, 0.3) is 0 Å². The summed E-state index contributed by atoms with van der Waals surface area (Å²) in [6.07, 6.45) is 2.50. The normalized spacial score (nSPS) is 16.5. The minimum absolute atomic E-state index is 0.295. The molecule has 1 aliphatic rings. The first kappa shape index (κ1) is 13.3. The zero-order valence-electron chi connectivity index (χ0n) is 12.0. The summed E-state index contributed by atoms with van der Waals surface area (Å²) < 4.78 is 3.54. The van der Waals surface area contributed by atoms with Crippen LogP contribution in [0, 0.1) is 6.92 Å². The third-order valence-electron chi connectivity index (χ3n) is 3.69. The van der Waals surface area contributed by atoms with E-state index < -0.39 is 0 Å². The Kier molecular flexibility index (Phi) is 3.23. The van der Waals surface area contributed by atoms with Gasteiger partial charge in [0, 0.05) is 6.04 Å². The summed E-state index contributed by atoms with van der Waals surface area (Å²) in [4.78, 5) is 4.75. The van der Waals surface area contributed by atoms with Crippen molar-refractivity contribution in [3.63, 3.8) is 0 Å². The average molecular weight is 316 g/mol. The van der Waals surface area contributed by atoms with Gasteiger partial charge < -0.3 is 4.57 Å². The third-order valence-corrected chi connectivity index (χ3v) is 6.12. The Morgan fingerprint density at radius 2 is 2.10 bits per heavy atom. The summed E-state index contributed by atoms with van der Waals surface area (Å²) in [5, 5.41) is 11.1. The number of para-hydroxylation sites is 1. The molecule has 2 heterocycles. The predicted octanol–water partition coefficient (Wildman–Crippen LogP) is 4.38. The monoisotopic (exact) mass is 316 g/mol. The van der Waals surface area contributed by atoms with Crippen molar-refractivity contribution in [1.82, 2.24) is 19.7 Å². The van der Waals surface area contributed by atoms with Gasteiger partial charge in [0.1, 0.15) is 10.8 Å². The molecule has 0 bridgehead atoms. The minimum Gasteiger partial charge on any atom is -0.303 e. The maximum absolute atomic E-state index is 4.75. The highest BCUT2D eigenvalue weighted by molar-refractivity contribution is 7.99. The second-order valence-corrected chi connectivity index (χ2v) is 7.78. The van der Waals surface area contributed by atoms with Gasteiger partial charge in [-0.15, -0.1) is 21.5 Å². The second kappa shape index (κ2) is 5.10. The molecule has 1 fully saturated rings. The van der Waals surface area contributed by atoms with Gasteiger partial charge in [-0.25, -0.2) is 4.98 Å². The standard InChI is InChI=1S/C15H16N4S2/c1-9(14-16-12-5-3-4-6-13(12)21-14)20-15-18-17-10(2)19(15)11-7-8-11/h3-6,9,11H,7-8H2,1-2H3/t9-/m0/s1.